The van der Waals surface area contributed by atoms with E-state index in [0.717, 1.165) is 25.7 Å². The SMILES string of the molecule is CC(Oc1cccc(C#N)c1)C(=O)NCC1CCCC(O)C1. The van der Waals surface area contributed by atoms with Crippen molar-refractivity contribution in [3.05, 3.63) is 29.8 Å². The lowest BCUT2D eigenvalue weighted by molar-refractivity contribution is -0.127. The smallest absolute Gasteiger partial charge is 0.260 e. The van der Waals surface area contributed by atoms with Crippen LogP contribution in [0.15, 0.2) is 24.3 Å². The summed E-state index contributed by atoms with van der Waals surface area (Å²) in [6.07, 6.45) is 2.80. The number of amides is 1. The van der Waals surface area contributed by atoms with Crippen molar-refractivity contribution in [3.8, 4) is 11.8 Å². The number of nitrogens with one attached hydrogen (secondary N) is 1. The van der Waals surface area contributed by atoms with Crippen LogP contribution in [-0.4, -0.2) is 29.8 Å². The van der Waals surface area contributed by atoms with E-state index in [-0.39, 0.29) is 12.0 Å². The predicted octanol–water partition coefficient (Wildman–Crippen LogP) is 1.99. The highest BCUT2D eigenvalue weighted by atomic mass is 16.5. The summed E-state index contributed by atoms with van der Waals surface area (Å²) in [6, 6.07) is 8.79. The number of aliphatic hydroxyl groups excluding tert-OH is 1. The lowest BCUT2D eigenvalue weighted by Gasteiger charge is -2.26. The van der Waals surface area contributed by atoms with E-state index in [9.17, 15) is 9.90 Å². The molecule has 1 saturated carbocycles. The van der Waals surface area contributed by atoms with Gasteiger partial charge in [0.05, 0.1) is 17.7 Å². The van der Waals surface area contributed by atoms with Crippen molar-refractivity contribution in [3.63, 3.8) is 0 Å². The highest BCUT2D eigenvalue weighted by Crippen LogP contribution is 2.23. The van der Waals surface area contributed by atoms with Crippen LogP contribution < -0.4 is 10.1 Å². The number of carbonyl (C=O) groups is 1. The molecule has 0 spiro atoms. The van der Waals surface area contributed by atoms with Crippen molar-refractivity contribution in [1.29, 1.82) is 5.26 Å². The van der Waals surface area contributed by atoms with Gasteiger partial charge >= 0.3 is 0 Å². The van der Waals surface area contributed by atoms with Gasteiger partial charge in [0.2, 0.25) is 0 Å². The summed E-state index contributed by atoms with van der Waals surface area (Å²) < 4.78 is 5.57. The second-order valence-electron chi connectivity index (χ2n) is 5.83. The Labute approximate surface area is 130 Å². The maximum atomic E-state index is 12.1. The quantitative estimate of drug-likeness (QED) is 0.871. The van der Waals surface area contributed by atoms with Crippen molar-refractivity contribution < 1.29 is 14.6 Å². The molecule has 5 heteroatoms. The van der Waals surface area contributed by atoms with Gasteiger partial charge in [0.15, 0.2) is 6.10 Å². The van der Waals surface area contributed by atoms with Crippen molar-refractivity contribution in [1.82, 2.24) is 5.32 Å². The fourth-order valence-corrected chi connectivity index (χ4v) is 2.73. The van der Waals surface area contributed by atoms with Crippen LogP contribution in [0.2, 0.25) is 0 Å². The predicted molar refractivity (Wildman–Crippen MR) is 82.2 cm³/mol. The first-order chi connectivity index (χ1) is 10.6. The molecule has 0 radical (unpaired) electrons. The fourth-order valence-electron chi connectivity index (χ4n) is 2.73. The summed E-state index contributed by atoms with van der Waals surface area (Å²) in [7, 11) is 0. The summed E-state index contributed by atoms with van der Waals surface area (Å²) in [5.41, 5.74) is 0.501. The molecule has 1 fully saturated rings. The maximum absolute atomic E-state index is 12.1. The van der Waals surface area contributed by atoms with Gasteiger partial charge in [0.25, 0.3) is 5.91 Å². The van der Waals surface area contributed by atoms with Crippen LogP contribution in [0.4, 0.5) is 0 Å². The third kappa shape index (κ3) is 4.74. The molecule has 2 N–H and O–H groups in total. The van der Waals surface area contributed by atoms with E-state index in [0.29, 0.717) is 23.8 Å². The molecule has 0 bridgehead atoms. The molecule has 22 heavy (non-hydrogen) atoms. The number of ether oxygens (including phenoxy) is 1. The third-order valence-corrected chi connectivity index (χ3v) is 3.97. The van der Waals surface area contributed by atoms with Crippen molar-refractivity contribution in [2.45, 2.75) is 44.8 Å². The molecule has 0 saturated heterocycles. The Morgan fingerprint density at radius 2 is 2.36 bits per heavy atom. The van der Waals surface area contributed by atoms with E-state index in [4.69, 9.17) is 10.00 Å². The Morgan fingerprint density at radius 3 is 3.09 bits per heavy atom. The number of hydrogen-bond acceptors (Lipinski definition) is 4. The number of carbonyl (C=O) groups excluding carboxylic acids is 1. The van der Waals surface area contributed by atoms with Crippen LogP contribution in [0, 0.1) is 17.2 Å². The van der Waals surface area contributed by atoms with Crippen molar-refractivity contribution in [2.24, 2.45) is 5.92 Å². The van der Waals surface area contributed by atoms with Gasteiger partial charge < -0.3 is 15.2 Å². The van der Waals surface area contributed by atoms with E-state index >= 15 is 0 Å². The monoisotopic (exact) mass is 302 g/mol. The number of aliphatic hydroxyl groups is 1. The molecule has 1 aromatic rings. The van der Waals surface area contributed by atoms with Gasteiger partial charge in [0.1, 0.15) is 5.75 Å². The fraction of sp³-hybridized carbons (Fsp3) is 0.529. The topological polar surface area (TPSA) is 82.3 Å². The first kappa shape index (κ1) is 16.3. The maximum Gasteiger partial charge on any atom is 0.260 e. The van der Waals surface area contributed by atoms with Crippen LogP contribution in [0.25, 0.3) is 0 Å². The standard InChI is InChI=1S/C17H22N2O3/c1-12(22-16-7-3-4-13(9-16)10-18)17(21)19-11-14-5-2-6-15(20)8-14/h3-4,7,9,12,14-15,20H,2,5-6,8,11H2,1H3,(H,19,21). The Hall–Kier alpha value is -2.06. The third-order valence-electron chi connectivity index (χ3n) is 3.97. The number of rotatable bonds is 5. The molecule has 1 amide bonds. The van der Waals surface area contributed by atoms with Gasteiger partial charge in [-0.25, -0.2) is 0 Å². The molecule has 0 aliphatic heterocycles. The number of nitriles is 1. The molecular formula is C17H22N2O3. The molecule has 5 nitrogen and oxygen atoms in total. The van der Waals surface area contributed by atoms with E-state index in [1.807, 2.05) is 6.07 Å². The lowest BCUT2D eigenvalue weighted by Crippen LogP contribution is -2.40. The summed E-state index contributed by atoms with van der Waals surface area (Å²) in [4.78, 5) is 12.1. The highest BCUT2D eigenvalue weighted by Gasteiger charge is 2.22. The van der Waals surface area contributed by atoms with Crippen LogP contribution in [0.3, 0.4) is 0 Å². The minimum atomic E-state index is -0.623. The summed E-state index contributed by atoms with van der Waals surface area (Å²) >= 11 is 0. The molecule has 3 atom stereocenters. The molecule has 0 aromatic heterocycles. The van der Waals surface area contributed by atoms with Gasteiger partial charge in [-0.2, -0.15) is 5.26 Å². The largest absolute Gasteiger partial charge is 0.481 e. The van der Waals surface area contributed by atoms with Crippen molar-refractivity contribution in [2.75, 3.05) is 6.54 Å². The normalized spacial score (nSPS) is 22.4. The van der Waals surface area contributed by atoms with Gasteiger partial charge in [-0.3, -0.25) is 4.79 Å². The molecule has 3 unspecified atom stereocenters. The van der Waals surface area contributed by atoms with Crippen LogP contribution in [0.1, 0.15) is 38.2 Å². The van der Waals surface area contributed by atoms with Gasteiger partial charge in [-0.05, 0) is 50.3 Å². The Morgan fingerprint density at radius 1 is 1.55 bits per heavy atom. The minimum absolute atomic E-state index is 0.178. The average molecular weight is 302 g/mol. The van der Waals surface area contributed by atoms with Crippen LogP contribution in [0.5, 0.6) is 5.75 Å². The zero-order valence-electron chi connectivity index (χ0n) is 12.8. The number of benzene rings is 1. The molecule has 0 heterocycles. The van der Waals surface area contributed by atoms with Gasteiger partial charge in [-0.1, -0.05) is 12.5 Å². The second kappa shape index (κ2) is 7.81. The Bertz CT molecular complexity index is 553. The highest BCUT2D eigenvalue weighted by molar-refractivity contribution is 5.80. The molecule has 1 aromatic carbocycles. The molecule has 1 aliphatic carbocycles. The first-order valence-corrected chi connectivity index (χ1v) is 7.71. The van der Waals surface area contributed by atoms with Gasteiger partial charge in [-0.15, -0.1) is 0 Å². The van der Waals surface area contributed by atoms with E-state index < -0.39 is 6.10 Å². The molecule has 118 valence electrons. The average Bonchev–Trinajstić information content (AvgIpc) is 2.52. The Balaban J connectivity index is 1.80. The van der Waals surface area contributed by atoms with Crippen molar-refractivity contribution >= 4 is 5.91 Å². The van der Waals surface area contributed by atoms with E-state index in [2.05, 4.69) is 5.32 Å². The van der Waals surface area contributed by atoms with Crippen LogP contribution >= 0.6 is 0 Å². The molecule has 2 rings (SSSR count). The minimum Gasteiger partial charge on any atom is -0.481 e. The van der Waals surface area contributed by atoms with Crippen LogP contribution in [-0.2, 0) is 4.79 Å². The first-order valence-electron chi connectivity index (χ1n) is 7.71. The zero-order chi connectivity index (χ0) is 15.9. The zero-order valence-corrected chi connectivity index (χ0v) is 12.8. The summed E-state index contributed by atoms with van der Waals surface area (Å²) in [6.45, 7) is 2.26. The molecule has 1 aliphatic rings. The number of hydrogen-bond donors (Lipinski definition) is 2. The number of nitrogens with zero attached hydrogens (tertiary/aromatic N) is 1. The lowest BCUT2D eigenvalue weighted by atomic mass is 9.87. The van der Waals surface area contributed by atoms with E-state index in [1.165, 1.54) is 0 Å². The van der Waals surface area contributed by atoms with Gasteiger partial charge in [0, 0.05) is 6.54 Å². The molecular weight excluding hydrogens is 280 g/mol. The van der Waals surface area contributed by atoms with E-state index in [1.54, 1.807) is 31.2 Å². The Kier molecular flexibility index (Phi) is 5.79. The summed E-state index contributed by atoms with van der Waals surface area (Å²) in [5, 5.41) is 21.4. The second-order valence-corrected chi connectivity index (χ2v) is 5.83. The summed E-state index contributed by atoms with van der Waals surface area (Å²) in [5.74, 6) is 0.666.